The number of rotatable bonds is 2. The molecule has 2 atom stereocenters. The largest absolute Gasteiger partial charge is 0.463 e. The molecule has 4 bridgehead atoms. The molecule has 0 aromatic heterocycles. The van der Waals surface area contributed by atoms with Crippen molar-refractivity contribution < 1.29 is 9.53 Å². The Morgan fingerprint density at radius 1 is 1.06 bits per heavy atom. The summed E-state index contributed by atoms with van der Waals surface area (Å²) in [4.78, 5) is 12.6. The van der Waals surface area contributed by atoms with Crippen molar-refractivity contribution in [1.82, 2.24) is 0 Å². The van der Waals surface area contributed by atoms with Crippen LogP contribution in [0.25, 0.3) is 0 Å². The molecular weight excluding hydrogens is 224 g/mol. The highest BCUT2D eigenvalue weighted by molar-refractivity contribution is 5.78. The summed E-state index contributed by atoms with van der Waals surface area (Å²) in [5, 5.41) is 0. The van der Waals surface area contributed by atoms with Crippen molar-refractivity contribution in [2.24, 2.45) is 22.2 Å². The molecule has 0 radical (unpaired) electrons. The van der Waals surface area contributed by atoms with Crippen molar-refractivity contribution in [2.45, 2.75) is 72.3 Å². The Bertz CT molecular complexity index is 367. The highest BCUT2D eigenvalue weighted by Crippen LogP contribution is 2.69. The van der Waals surface area contributed by atoms with Crippen molar-refractivity contribution in [3.8, 4) is 0 Å². The number of esters is 1. The molecule has 102 valence electrons. The highest BCUT2D eigenvalue weighted by Gasteiger charge is 2.63. The molecule has 4 saturated carbocycles. The Morgan fingerprint density at radius 2 is 1.61 bits per heavy atom. The summed E-state index contributed by atoms with van der Waals surface area (Å²) in [6.07, 6.45) is 7.22. The second-order valence-electron chi connectivity index (χ2n) is 8.36. The summed E-state index contributed by atoms with van der Waals surface area (Å²) in [5.74, 6) is 0.856. The average Bonchev–Trinajstić information content (AvgIpc) is 2.09. The van der Waals surface area contributed by atoms with Gasteiger partial charge in [0.25, 0.3) is 0 Å². The molecule has 0 aromatic rings. The van der Waals surface area contributed by atoms with E-state index in [1.165, 1.54) is 19.3 Å². The first-order valence-electron chi connectivity index (χ1n) is 7.46. The minimum absolute atomic E-state index is 0.0196. The second-order valence-corrected chi connectivity index (χ2v) is 8.36. The Morgan fingerprint density at radius 3 is 2.06 bits per heavy atom. The van der Waals surface area contributed by atoms with E-state index in [1.807, 2.05) is 13.8 Å². The number of hydrogen-bond acceptors (Lipinski definition) is 2. The van der Waals surface area contributed by atoms with Gasteiger partial charge in [-0.25, -0.2) is 0 Å². The van der Waals surface area contributed by atoms with Crippen LogP contribution in [0.3, 0.4) is 0 Å². The molecule has 2 nitrogen and oxygen atoms in total. The van der Waals surface area contributed by atoms with Crippen LogP contribution in [0.5, 0.6) is 0 Å². The summed E-state index contributed by atoms with van der Waals surface area (Å²) >= 11 is 0. The molecule has 4 rings (SSSR count). The zero-order chi connectivity index (χ0) is 13.2. The van der Waals surface area contributed by atoms with E-state index in [0.717, 1.165) is 25.2 Å². The van der Waals surface area contributed by atoms with Crippen LogP contribution in [0.2, 0.25) is 0 Å². The van der Waals surface area contributed by atoms with Gasteiger partial charge in [-0.15, -0.1) is 0 Å². The zero-order valence-corrected chi connectivity index (χ0v) is 12.2. The molecule has 0 aliphatic heterocycles. The third-order valence-corrected chi connectivity index (χ3v) is 5.40. The van der Waals surface area contributed by atoms with Crippen molar-refractivity contribution in [1.29, 1.82) is 0 Å². The van der Waals surface area contributed by atoms with E-state index < -0.39 is 0 Å². The molecule has 0 heterocycles. The van der Waals surface area contributed by atoms with E-state index in [2.05, 4.69) is 13.8 Å². The fourth-order valence-corrected chi connectivity index (χ4v) is 6.01. The normalized spacial score (nSPS) is 49.7. The molecular formula is C16H26O2. The van der Waals surface area contributed by atoms with E-state index in [4.69, 9.17) is 4.74 Å². The summed E-state index contributed by atoms with van der Waals surface area (Å²) in [5.41, 5.74) is 0.640. The van der Waals surface area contributed by atoms with Gasteiger partial charge in [0.1, 0.15) is 0 Å². The standard InChI is InChI=1S/C16H26O2/c1-11(2)18-13(17)16-7-12-5-14(3,9-16)8-15(4,6-12)10-16/h11-12H,5-10H2,1-4H3/t12?,14-,15-,16?/m1/s1. The van der Waals surface area contributed by atoms with Gasteiger partial charge in [0, 0.05) is 0 Å². The predicted molar refractivity (Wildman–Crippen MR) is 71.1 cm³/mol. The van der Waals surface area contributed by atoms with Crippen LogP contribution in [-0.2, 0) is 9.53 Å². The molecule has 2 heteroatoms. The van der Waals surface area contributed by atoms with Crippen molar-refractivity contribution in [3.05, 3.63) is 0 Å². The third kappa shape index (κ3) is 1.80. The minimum atomic E-state index is -0.146. The molecule has 4 aliphatic rings. The molecule has 4 aliphatic carbocycles. The quantitative estimate of drug-likeness (QED) is 0.694. The fraction of sp³-hybridized carbons (Fsp3) is 0.938. The Hall–Kier alpha value is -0.530. The topological polar surface area (TPSA) is 26.3 Å². The van der Waals surface area contributed by atoms with E-state index in [1.54, 1.807) is 0 Å². The van der Waals surface area contributed by atoms with Gasteiger partial charge in [-0.2, -0.15) is 0 Å². The van der Waals surface area contributed by atoms with Crippen LogP contribution in [0.1, 0.15) is 66.2 Å². The monoisotopic (exact) mass is 250 g/mol. The van der Waals surface area contributed by atoms with Crippen LogP contribution in [0, 0.1) is 22.2 Å². The van der Waals surface area contributed by atoms with Gasteiger partial charge in [-0.1, -0.05) is 13.8 Å². The Kier molecular flexibility index (Phi) is 2.44. The van der Waals surface area contributed by atoms with Gasteiger partial charge in [0.05, 0.1) is 11.5 Å². The van der Waals surface area contributed by atoms with Crippen LogP contribution >= 0.6 is 0 Å². The van der Waals surface area contributed by atoms with Crippen LogP contribution in [0.4, 0.5) is 0 Å². The Labute approximate surface area is 110 Å². The van der Waals surface area contributed by atoms with Gasteiger partial charge in [-0.3, -0.25) is 4.79 Å². The average molecular weight is 250 g/mol. The predicted octanol–water partition coefficient (Wildman–Crippen LogP) is 3.93. The van der Waals surface area contributed by atoms with Crippen molar-refractivity contribution in [3.63, 3.8) is 0 Å². The van der Waals surface area contributed by atoms with Gasteiger partial charge in [0.2, 0.25) is 0 Å². The number of carbonyl (C=O) groups is 1. The van der Waals surface area contributed by atoms with Crippen LogP contribution < -0.4 is 0 Å². The SMILES string of the molecule is CC(C)OC(=O)C12CC3C[C@@](C)(C1)C[C@@](C)(C3)C2. The fourth-order valence-electron chi connectivity index (χ4n) is 6.01. The lowest BCUT2D eigenvalue weighted by atomic mass is 9.40. The first-order chi connectivity index (χ1) is 8.24. The first-order valence-corrected chi connectivity index (χ1v) is 7.46. The van der Waals surface area contributed by atoms with Crippen molar-refractivity contribution in [2.75, 3.05) is 0 Å². The van der Waals surface area contributed by atoms with E-state index >= 15 is 0 Å². The highest BCUT2D eigenvalue weighted by atomic mass is 16.5. The molecule has 4 fully saturated rings. The van der Waals surface area contributed by atoms with Crippen LogP contribution in [-0.4, -0.2) is 12.1 Å². The lowest BCUT2D eigenvalue weighted by Crippen LogP contribution is -2.58. The lowest BCUT2D eigenvalue weighted by Gasteiger charge is -2.64. The second kappa shape index (κ2) is 3.52. The summed E-state index contributed by atoms with van der Waals surface area (Å²) < 4.78 is 5.59. The number of hydrogen-bond donors (Lipinski definition) is 0. The lowest BCUT2D eigenvalue weighted by molar-refractivity contribution is -0.194. The summed E-state index contributed by atoms with van der Waals surface area (Å²) in [6, 6.07) is 0. The van der Waals surface area contributed by atoms with E-state index in [-0.39, 0.29) is 17.5 Å². The minimum Gasteiger partial charge on any atom is -0.463 e. The molecule has 0 spiro atoms. The Balaban J connectivity index is 1.91. The third-order valence-electron chi connectivity index (χ3n) is 5.40. The van der Waals surface area contributed by atoms with Crippen LogP contribution in [0.15, 0.2) is 0 Å². The maximum atomic E-state index is 12.6. The van der Waals surface area contributed by atoms with Gasteiger partial charge in [0.15, 0.2) is 0 Å². The summed E-state index contributed by atoms with van der Waals surface area (Å²) in [7, 11) is 0. The smallest absolute Gasteiger partial charge is 0.312 e. The molecule has 0 amide bonds. The molecule has 0 saturated heterocycles. The van der Waals surface area contributed by atoms with Gasteiger partial charge >= 0.3 is 5.97 Å². The summed E-state index contributed by atoms with van der Waals surface area (Å²) in [6.45, 7) is 8.71. The molecule has 0 aromatic carbocycles. The van der Waals surface area contributed by atoms with Gasteiger partial charge in [-0.05, 0) is 69.1 Å². The first kappa shape index (κ1) is 12.5. The number of carbonyl (C=O) groups excluding carboxylic acids is 1. The zero-order valence-electron chi connectivity index (χ0n) is 12.2. The van der Waals surface area contributed by atoms with Crippen molar-refractivity contribution >= 4 is 5.97 Å². The van der Waals surface area contributed by atoms with E-state index in [0.29, 0.717) is 10.8 Å². The number of ether oxygens (including phenoxy) is 1. The maximum Gasteiger partial charge on any atom is 0.312 e. The molecule has 0 N–H and O–H groups in total. The van der Waals surface area contributed by atoms with E-state index in [9.17, 15) is 4.79 Å². The maximum absolute atomic E-state index is 12.6. The molecule has 0 unspecified atom stereocenters. The van der Waals surface area contributed by atoms with Gasteiger partial charge < -0.3 is 4.74 Å². The molecule has 18 heavy (non-hydrogen) atoms.